The smallest absolute Gasteiger partial charge is 0.267 e. The highest BCUT2D eigenvalue weighted by atomic mass is 31.2. The Balaban J connectivity index is 1.55. The second kappa shape index (κ2) is 40.6. The molecule has 0 aromatic heterocycles. The van der Waals surface area contributed by atoms with Crippen LogP contribution in [0.25, 0.3) is 0 Å². The Morgan fingerprint density at radius 3 is 1.09 bits per heavy atom. The molecule has 3 fully saturated rings. The number of carbonyl (C=O) groups is 6. The molecule has 15 N–H and O–H groups in total. The van der Waals surface area contributed by atoms with Gasteiger partial charge < -0.3 is 134 Å². The maximum atomic E-state index is 13.3. The first-order valence-corrected chi connectivity index (χ1v) is 28.9. The van der Waals surface area contributed by atoms with E-state index in [0.717, 1.165) is 7.11 Å². The number of nitrogens with one attached hydrogen (secondary N) is 6. The Kier molecular flexibility index (Phi) is 36.0. The lowest BCUT2D eigenvalue weighted by atomic mass is 9.97. The van der Waals surface area contributed by atoms with E-state index in [9.17, 15) is 84.2 Å². The molecule has 3 heterocycles. The molecule has 36 nitrogen and oxygen atoms in total. The molecule has 0 aromatic carbocycles. The fourth-order valence-electron chi connectivity index (χ4n) is 8.72. The van der Waals surface area contributed by atoms with E-state index in [1.165, 1.54) is 25.7 Å². The zero-order valence-corrected chi connectivity index (χ0v) is 48.9. The predicted molar refractivity (Wildman–Crippen MR) is 284 cm³/mol. The van der Waals surface area contributed by atoms with Crippen LogP contribution in [0, 0.1) is 0 Å². The molecule has 6 amide bonds. The van der Waals surface area contributed by atoms with E-state index < -0.39 is 162 Å². The van der Waals surface area contributed by atoms with Crippen LogP contribution in [0.4, 0.5) is 0 Å². The van der Waals surface area contributed by atoms with Gasteiger partial charge in [0.15, 0.2) is 18.9 Å². The van der Waals surface area contributed by atoms with Gasteiger partial charge in [0.25, 0.3) is 7.82 Å². The van der Waals surface area contributed by atoms with Crippen molar-refractivity contribution in [2.75, 3.05) is 152 Å². The Morgan fingerprint density at radius 2 is 0.788 bits per heavy atom. The molecule has 37 heteroatoms. The molecule has 0 aliphatic carbocycles. The highest BCUT2D eigenvalue weighted by Gasteiger charge is 2.48. The largest absolute Gasteiger partial charge is 0.756 e. The Bertz CT molecular complexity index is 1950. The number of aliphatic hydroxyl groups excluding tert-OH is 9. The number of hydrogen-bond donors (Lipinski definition) is 15. The summed E-state index contributed by atoms with van der Waals surface area (Å²) in [5, 5.41) is 106. The number of phosphoric ester groups is 1. The van der Waals surface area contributed by atoms with Gasteiger partial charge in [0.1, 0.15) is 73.1 Å². The predicted octanol–water partition coefficient (Wildman–Crippen LogP) is -10.6. The van der Waals surface area contributed by atoms with Crippen molar-refractivity contribution < 1.29 is 136 Å². The number of amides is 6. The van der Waals surface area contributed by atoms with E-state index in [4.69, 9.17) is 47.2 Å². The van der Waals surface area contributed by atoms with Crippen molar-refractivity contribution in [1.82, 2.24) is 41.7 Å². The molecule has 3 saturated heterocycles. The molecule has 0 radical (unpaired) electrons. The van der Waals surface area contributed by atoms with Gasteiger partial charge >= 0.3 is 0 Å². The average Bonchev–Trinajstić information content (AvgIpc) is 2.48. The summed E-state index contributed by atoms with van der Waals surface area (Å²) >= 11 is 0. The molecule has 0 aromatic rings. The fraction of sp³-hybridized carbons (Fsp3) is 0.875. The Hall–Kier alpha value is -3.87. The molecular formula is C48H88N8O28P-. The molecule has 0 bridgehead atoms. The van der Waals surface area contributed by atoms with Crippen LogP contribution in [0.5, 0.6) is 0 Å². The third kappa shape index (κ3) is 28.0. The summed E-state index contributed by atoms with van der Waals surface area (Å²) in [5.41, 5.74) is 0. The summed E-state index contributed by atoms with van der Waals surface area (Å²) in [7, 11) is -3.73. The van der Waals surface area contributed by atoms with Crippen molar-refractivity contribution in [2.24, 2.45) is 0 Å². The number of carbonyl (C=O) groups excluding carboxylic acids is 6. The van der Waals surface area contributed by atoms with Gasteiger partial charge in [-0.15, -0.1) is 0 Å². The number of rotatable bonds is 42. The molecule has 16 atom stereocenters. The SMILES string of the molecule is COP(=O)([O-])OCCN(CCCN(CC(=O)NCCOCCOC1OC(CO)C(O)C(O)C1NC(C)=O)CC(=O)NCCOCCOC1OC(CO)C(O)C(O)C1NC(C)=O)CC(=O)NCCOCCOC1OC(CO)C(O)C(O)C1NC(C)=O. The fourth-order valence-corrected chi connectivity index (χ4v) is 9.13. The number of ether oxygens (including phenoxy) is 9. The van der Waals surface area contributed by atoms with Crippen molar-refractivity contribution >= 4 is 43.3 Å². The first-order chi connectivity index (χ1) is 40.4. The van der Waals surface area contributed by atoms with E-state index >= 15 is 0 Å². The topological polar surface area (TPSA) is 505 Å². The second-order valence-corrected chi connectivity index (χ2v) is 21.1. The van der Waals surface area contributed by atoms with Crippen LogP contribution in [-0.2, 0) is 85.0 Å². The molecule has 3 rings (SSSR count). The van der Waals surface area contributed by atoms with Crippen LogP contribution in [0.2, 0.25) is 0 Å². The molecule has 3 aliphatic heterocycles. The van der Waals surface area contributed by atoms with Crippen LogP contribution in [0.1, 0.15) is 27.2 Å². The monoisotopic (exact) mass is 1260 g/mol. The number of phosphoric acid groups is 1. The minimum Gasteiger partial charge on any atom is -0.756 e. The Labute approximate surface area is 490 Å². The number of hydrogen-bond acceptors (Lipinski definition) is 30. The van der Waals surface area contributed by atoms with Crippen LogP contribution in [-0.4, -0.2) is 335 Å². The van der Waals surface area contributed by atoms with Gasteiger partial charge in [0.2, 0.25) is 35.4 Å². The van der Waals surface area contributed by atoms with Crippen LogP contribution >= 0.6 is 7.82 Å². The van der Waals surface area contributed by atoms with Crippen LogP contribution < -0.4 is 36.8 Å². The standard InChI is InChI=1S/C48H89N8O28P/c1-28(60)52-37-43(69)40(66)31(25-57)82-46(37)78-19-16-75-12-6-49-34(63)22-55(11-15-81-85(72,73)74-4)9-5-10-56(23-35(64)50-7-13-76-17-20-79-47-38(53-29(2)61)44(70)41(67)32(26-58)83-47)24-36(65)51-8-14-77-18-21-80-48-39(54-30(3)62)45(71)42(68)33(27-59)84-48/h31-33,37-48,57-59,66-71H,5-27H2,1-4H3,(H,49,63)(H,50,64)(H,51,65)(H,52,60)(H,53,61)(H,54,62)(H,72,73)/p-1. The normalized spacial score (nSPS) is 28.5. The lowest BCUT2D eigenvalue weighted by molar-refractivity contribution is -0.272. The van der Waals surface area contributed by atoms with Crippen LogP contribution in [0.15, 0.2) is 0 Å². The molecular weight excluding hydrogens is 1170 g/mol. The summed E-state index contributed by atoms with van der Waals surface area (Å²) in [6.45, 7) is 0.0255. The van der Waals surface area contributed by atoms with Gasteiger partial charge in [-0.25, -0.2) is 0 Å². The van der Waals surface area contributed by atoms with Crippen molar-refractivity contribution in [2.45, 2.75) is 119 Å². The van der Waals surface area contributed by atoms with E-state index in [1.54, 1.807) is 4.90 Å². The average molecular weight is 1260 g/mol. The minimum absolute atomic E-state index is 0.00228. The highest BCUT2D eigenvalue weighted by molar-refractivity contribution is 7.45. The maximum Gasteiger partial charge on any atom is 0.267 e. The van der Waals surface area contributed by atoms with E-state index in [-0.39, 0.29) is 125 Å². The zero-order valence-electron chi connectivity index (χ0n) is 48.0. The summed E-state index contributed by atoms with van der Waals surface area (Å²) in [5.74, 6) is -3.13. The third-order valence-corrected chi connectivity index (χ3v) is 13.9. The minimum atomic E-state index is -4.65. The molecule has 0 spiro atoms. The molecule has 494 valence electrons. The van der Waals surface area contributed by atoms with Gasteiger partial charge in [-0.3, -0.25) is 43.1 Å². The summed E-state index contributed by atoms with van der Waals surface area (Å²) in [6, 6.07) is -3.47. The summed E-state index contributed by atoms with van der Waals surface area (Å²) in [6.07, 6.45) is -16.1. The maximum absolute atomic E-state index is 13.3. The van der Waals surface area contributed by atoms with Crippen LogP contribution in [0.3, 0.4) is 0 Å². The van der Waals surface area contributed by atoms with Crippen molar-refractivity contribution in [3.8, 4) is 0 Å². The lowest BCUT2D eigenvalue weighted by Gasteiger charge is -2.42. The zero-order chi connectivity index (χ0) is 63.1. The number of nitrogens with zero attached hydrogens (tertiary/aromatic N) is 2. The first kappa shape index (κ1) is 75.4. The van der Waals surface area contributed by atoms with Gasteiger partial charge in [-0.2, -0.15) is 0 Å². The van der Waals surface area contributed by atoms with Gasteiger partial charge in [-0.1, -0.05) is 0 Å². The Morgan fingerprint density at radius 1 is 0.471 bits per heavy atom. The second-order valence-electron chi connectivity index (χ2n) is 19.6. The van der Waals surface area contributed by atoms with E-state index in [2.05, 4.69) is 36.4 Å². The van der Waals surface area contributed by atoms with Crippen molar-refractivity contribution in [1.29, 1.82) is 0 Å². The lowest BCUT2D eigenvalue weighted by Crippen LogP contribution is -2.64. The van der Waals surface area contributed by atoms with E-state index in [0.29, 0.717) is 0 Å². The molecule has 3 aliphatic rings. The third-order valence-electron chi connectivity index (χ3n) is 12.9. The molecule has 85 heavy (non-hydrogen) atoms. The summed E-state index contributed by atoms with van der Waals surface area (Å²) in [4.78, 5) is 89.8. The number of aliphatic hydroxyl groups is 9. The van der Waals surface area contributed by atoms with Gasteiger partial charge in [0, 0.05) is 60.6 Å². The van der Waals surface area contributed by atoms with Gasteiger partial charge in [-0.05, 0) is 13.0 Å². The van der Waals surface area contributed by atoms with Gasteiger partial charge in [0.05, 0.1) is 106 Å². The first-order valence-electron chi connectivity index (χ1n) is 27.5. The van der Waals surface area contributed by atoms with Crippen molar-refractivity contribution in [3.05, 3.63) is 0 Å². The van der Waals surface area contributed by atoms with E-state index in [1.807, 2.05) is 0 Å². The molecule has 16 unspecified atom stereocenters. The summed E-state index contributed by atoms with van der Waals surface area (Å²) < 4.78 is 71.2. The molecule has 0 saturated carbocycles. The quantitative estimate of drug-likeness (QED) is 0.0199. The van der Waals surface area contributed by atoms with Crippen molar-refractivity contribution in [3.63, 3.8) is 0 Å². The highest BCUT2D eigenvalue weighted by Crippen LogP contribution is 2.36.